The summed E-state index contributed by atoms with van der Waals surface area (Å²) in [6.45, 7) is 3.38. The van der Waals surface area contributed by atoms with Crippen LogP contribution >= 0.6 is 0 Å². The third-order valence-corrected chi connectivity index (χ3v) is 5.03. The van der Waals surface area contributed by atoms with Crippen molar-refractivity contribution in [1.82, 2.24) is 4.57 Å². The van der Waals surface area contributed by atoms with Gasteiger partial charge in [0.25, 0.3) is 0 Å². The number of hydrogen-bond donors (Lipinski definition) is 1. The number of benzene rings is 2. The number of fused-ring (bicyclic) bond motifs is 3. The molecule has 0 bridgehead atoms. The van der Waals surface area contributed by atoms with Gasteiger partial charge < -0.3 is 10.3 Å². The average Bonchev–Trinajstić information content (AvgIpc) is 2.91. The average molecular weight is 322 g/mol. The van der Waals surface area contributed by atoms with Crippen molar-refractivity contribution < 1.29 is 0 Å². The Morgan fingerprint density at radius 1 is 0.750 bits per heavy atom. The minimum atomic E-state index is 0.845. The van der Waals surface area contributed by atoms with Crippen molar-refractivity contribution in [2.45, 2.75) is 64.8 Å². The highest BCUT2D eigenvalue weighted by atomic mass is 15.0. The van der Waals surface area contributed by atoms with E-state index in [0.717, 1.165) is 12.2 Å². The van der Waals surface area contributed by atoms with E-state index in [1.54, 1.807) is 0 Å². The van der Waals surface area contributed by atoms with Crippen LogP contribution in [0.2, 0.25) is 0 Å². The van der Waals surface area contributed by atoms with Crippen molar-refractivity contribution in [3.63, 3.8) is 0 Å². The first kappa shape index (κ1) is 16.9. The Labute approximate surface area is 145 Å². The van der Waals surface area contributed by atoms with Crippen LogP contribution in [0.4, 0.5) is 5.69 Å². The molecule has 0 atom stereocenters. The van der Waals surface area contributed by atoms with Crippen LogP contribution in [0.3, 0.4) is 0 Å². The zero-order valence-electron chi connectivity index (χ0n) is 14.9. The predicted octanol–water partition coefficient (Wildman–Crippen LogP) is 6.52. The van der Waals surface area contributed by atoms with Crippen molar-refractivity contribution in [3.8, 4) is 0 Å². The van der Waals surface area contributed by atoms with Crippen LogP contribution in [0.25, 0.3) is 21.8 Å². The molecule has 0 fully saturated rings. The van der Waals surface area contributed by atoms with Gasteiger partial charge in [0, 0.05) is 34.0 Å². The fraction of sp³-hybridized carbons (Fsp3) is 0.455. The fourth-order valence-electron chi connectivity index (χ4n) is 3.72. The van der Waals surface area contributed by atoms with Crippen LogP contribution in [0.5, 0.6) is 0 Å². The molecule has 1 heterocycles. The highest BCUT2D eigenvalue weighted by Crippen LogP contribution is 2.30. The number of rotatable bonds is 9. The summed E-state index contributed by atoms with van der Waals surface area (Å²) < 4.78 is 2.47. The molecule has 2 N–H and O–H groups in total. The van der Waals surface area contributed by atoms with E-state index in [1.165, 1.54) is 73.2 Å². The van der Waals surface area contributed by atoms with Crippen LogP contribution in [-0.4, -0.2) is 4.57 Å². The lowest BCUT2D eigenvalue weighted by Crippen LogP contribution is -1.98. The van der Waals surface area contributed by atoms with Gasteiger partial charge in [-0.15, -0.1) is 0 Å². The van der Waals surface area contributed by atoms with Crippen LogP contribution in [0.15, 0.2) is 42.5 Å². The molecule has 0 radical (unpaired) electrons. The van der Waals surface area contributed by atoms with Crippen LogP contribution in [-0.2, 0) is 6.54 Å². The van der Waals surface area contributed by atoms with Crippen LogP contribution < -0.4 is 5.73 Å². The van der Waals surface area contributed by atoms with E-state index in [-0.39, 0.29) is 0 Å². The van der Waals surface area contributed by atoms with Gasteiger partial charge in [0.2, 0.25) is 0 Å². The number of hydrogen-bond acceptors (Lipinski definition) is 1. The molecule has 0 aliphatic carbocycles. The first-order chi connectivity index (χ1) is 11.8. The Balaban J connectivity index is 1.65. The largest absolute Gasteiger partial charge is 0.399 e. The number of nitrogens with two attached hydrogens (primary N) is 1. The molecule has 2 aromatic carbocycles. The second-order valence-electron chi connectivity index (χ2n) is 6.92. The van der Waals surface area contributed by atoms with Gasteiger partial charge in [-0.1, -0.05) is 70.1 Å². The van der Waals surface area contributed by atoms with Crippen LogP contribution in [0.1, 0.15) is 58.3 Å². The number of aromatic nitrogens is 1. The van der Waals surface area contributed by atoms with Gasteiger partial charge >= 0.3 is 0 Å². The predicted molar refractivity (Wildman–Crippen MR) is 106 cm³/mol. The van der Waals surface area contributed by atoms with E-state index < -0.39 is 0 Å². The number of nitrogens with zero attached hydrogens (tertiary/aromatic N) is 1. The number of anilines is 1. The molecule has 24 heavy (non-hydrogen) atoms. The van der Waals surface area contributed by atoms with Crippen molar-refractivity contribution in [1.29, 1.82) is 0 Å². The second-order valence-corrected chi connectivity index (χ2v) is 6.92. The summed E-state index contributed by atoms with van der Waals surface area (Å²) in [5, 5.41) is 2.60. The first-order valence-corrected chi connectivity index (χ1v) is 9.57. The molecule has 0 saturated heterocycles. The Hall–Kier alpha value is -1.96. The van der Waals surface area contributed by atoms with Gasteiger partial charge in [-0.05, 0) is 30.7 Å². The van der Waals surface area contributed by atoms with Gasteiger partial charge in [0.05, 0.1) is 0 Å². The molecule has 3 aromatic rings. The third kappa shape index (κ3) is 3.75. The summed E-state index contributed by atoms with van der Waals surface area (Å²) in [5.74, 6) is 0. The molecule has 0 aliphatic heterocycles. The van der Waals surface area contributed by atoms with Gasteiger partial charge in [0.1, 0.15) is 0 Å². The molecule has 0 unspecified atom stereocenters. The molecule has 1 aromatic heterocycles. The highest BCUT2D eigenvalue weighted by molar-refractivity contribution is 6.08. The van der Waals surface area contributed by atoms with E-state index in [4.69, 9.17) is 5.73 Å². The lowest BCUT2D eigenvalue weighted by atomic mass is 10.1. The standard InChI is InChI=1S/C22H30N2/c1-2-3-4-5-6-7-8-11-16-24-21-13-10-9-12-19(21)20-17-18(23)14-15-22(20)24/h9-10,12-15,17H,2-8,11,16,23H2,1H3. The lowest BCUT2D eigenvalue weighted by Gasteiger charge is -2.08. The Morgan fingerprint density at radius 2 is 1.42 bits per heavy atom. The molecule has 0 saturated carbocycles. The quantitative estimate of drug-likeness (QED) is 0.353. The van der Waals surface area contributed by atoms with E-state index in [0.29, 0.717) is 0 Å². The topological polar surface area (TPSA) is 30.9 Å². The van der Waals surface area contributed by atoms with Crippen molar-refractivity contribution in [2.75, 3.05) is 5.73 Å². The van der Waals surface area contributed by atoms with Gasteiger partial charge in [-0.3, -0.25) is 0 Å². The number of nitrogen functional groups attached to an aromatic ring is 1. The van der Waals surface area contributed by atoms with Gasteiger partial charge in [-0.25, -0.2) is 0 Å². The van der Waals surface area contributed by atoms with Crippen molar-refractivity contribution >= 4 is 27.5 Å². The maximum atomic E-state index is 6.00. The van der Waals surface area contributed by atoms with Gasteiger partial charge in [0.15, 0.2) is 0 Å². The lowest BCUT2D eigenvalue weighted by molar-refractivity contribution is 0.553. The zero-order chi connectivity index (χ0) is 16.8. The zero-order valence-corrected chi connectivity index (χ0v) is 14.9. The minimum absolute atomic E-state index is 0.845. The molecule has 128 valence electrons. The third-order valence-electron chi connectivity index (χ3n) is 5.03. The number of para-hydroxylation sites is 1. The highest BCUT2D eigenvalue weighted by Gasteiger charge is 2.09. The summed E-state index contributed by atoms with van der Waals surface area (Å²) in [4.78, 5) is 0. The van der Waals surface area contributed by atoms with E-state index in [2.05, 4.69) is 47.9 Å². The van der Waals surface area contributed by atoms with Crippen molar-refractivity contribution in [3.05, 3.63) is 42.5 Å². The molecule has 2 nitrogen and oxygen atoms in total. The Kier molecular flexibility index (Phi) is 5.79. The summed E-state index contributed by atoms with van der Waals surface area (Å²) >= 11 is 0. The summed E-state index contributed by atoms with van der Waals surface area (Å²) in [5.41, 5.74) is 9.50. The molecular weight excluding hydrogens is 292 g/mol. The van der Waals surface area contributed by atoms with Crippen molar-refractivity contribution in [2.24, 2.45) is 0 Å². The Morgan fingerprint density at radius 3 is 2.21 bits per heavy atom. The summed E-state index contributed by atoms with van der Waals surface area (Å²) in [6, 6.07) is 15.0. The molecule has 0 aliphatic rings. The van der Waals surface area contributed by atoms with E-state index in [1.807, 2.05) is 6.07 Å². The van der Waals surface area contributed by atoms with Gasteiger partial charge in [-0.2, -0.15) is 0 Å². The fourth-order valence-corrected chi connectivity index (χ4v) is 3.72. The summed E-state index contributed by atoms with van der Waals surface area (Å²) in [7, 11) is 0. The number of unbranched alkanes of at least 4 members (excludes halogenated alkanes) is 7. The molecule has 0 amide bonds. The maximum absolute atomic E-state index is 6.00. The molecular formula is C22H30N2. The normalized spacial score (nSPS) is 11.5. The second kappa shape index (κ2) is 8.23. The molecule has 0 spiro atoms. The van der Waals surface area contributed by atoms with E-state index in [9.17, 15) is 0 Å². The van der Waals surface area contributed by atoms with E-state index >= 15 is 0 Å². The molecule has 2 heteroatoms. The summed E-state index contributed by atoms with van der Waals surface area (Å²) in [6.07, 6.45) is 10.9. The monoisotopic (exact) mass is 322 g/mol. The SMILES string of the molecule is CCCCCCCCCCn1c2ccccc2c2cc(N)ccc21. The molecule has 3 rings (SSSR count). The Bertz CT molecular complexity index is 785. The van der Waals surface area contributed by atoms with Crippen LogP contribution in [0, 0.1) is 0 Å². The number of aryl methyl sites for hydroxylation is 1. The first-order valence-electron chi connectivity index (χ1n) is 9.57. The smallest absolute Gasteiger partial charge is 0.0492 e. The minimum Gasteiger partial charge on any atom is -0.399 e. The maximum Gasteiger partial charge on any atom is 0.0492 e.